The van der Waals surface area contributed by atoms with Gasteiger partial charge in [0.15, 0.2) is 0 Å². The van der Waals surface area contributed by atoms with Gasteiger partial charge in [-0.25, -0.2) is 4.79 Å². The number of nitrogens with zero attached hydrogens (tertiary/aromatic N) is 2. The van der Waals surface area contributed by atoms with Crippen LogP contribution in [0.25, 0.3) is 16.5 Å². The molecule has 1 fully saturated rings. The van der Waals surface area contributed by atoms with Gasteiger partial charge < -0.3 is 19.9 Å². The number of para-hydroxylation sites is 1. The van der Waals surface area contributed by atoms with Gasteiger partial charge in [0.05, 0.1) is 17.2 Å². The summed E-state index contributed by atoms with van der Waals surface area (Å²) in [6, 6.07) is 7.78. The molecule has 1 aromatic heterocycles. The molecule has 2 atom stereocenters. The average molecular weight is 424 g/mol. The summed E-state index contributed by atoms with van der Waals surface area (Å²) in [4.78, 5) is 33.5. The minimum Gasteiger partial charge on any atom is -0.478 e. The van der Waals surface area contributed by atoms with Crippen molar-refractivity contribution >= 4 is 28.4 Å². The average Bonchev–Trinajstić information content (AvgIpc) is 3.05. The summed E-state index contributed by atoms with van der Waals surface area (Å²) in [5.41, 5.74) is 2.21. The quantitative estimate of drug-likeness (QED) is 0.780. The number of nitrogens with one attached hydrogen (secondary N) is 1. The SMILES string of the molecule is CC(C)C1N(C(=O)C2CCCN(C)C2)C=C(C(=O)O)c2[nH]c3ccccc3c2C1(C)C. The highest BCUT2D eigenvalue weighted by Crippen LogP contribution is 2.45. The number of piperidine rings is 1. The first-order valence-corrected chi connectivity index (χ1v) is 11.2. The van der Waals surface area contributed by atoms with E-state index >= 15 is 0 Å². The van der Waals surface area contributed by atoms with E-state index in [0.29, 0.717) is 12.2 Å². The summed E-state index contributed by atoms with van der Waals surface area (Å²) in [5.74, 6) is -0.959. The van der Waals surface area contributed by atoms with E-state index in [1.165, 1.54) is 0 Å². The van der Waals surface area contributed by atoms with Crippen LogP contribution in [0.5, 0.6) is 0 Å². The lowest BCUT2D eigenvalue weighted by molar-refractivity contribution is -0.138. The third kappa shape index (κ3) is 3.57. The lowest BCUT2D eigenvalue weighted by Crippen LogP contribution is -2.53. The molecule has 2 aliphatic rings. The largest absolute Gasteiger partial charge is 0.478 e. The predicted molar refractivity (Wildman–Crippen MR) is 123 cm³/mol. The number of benzene rings is 1. The van der Waals surface area contributed by atoms with Gasteiger partial charge in [0, 0.05) is 35.1 Å². The minimum atomic E-state index is -1.02. The van der Waals surface area contributed by atoms with Crippen LogP contribution in [0.4, 0.5) is 0 Å². The number of aliphatic carboxylic acids is 1. The number of carbonyl (C=O) groups is 2. The molecule has 2 unspecified atom stereocenters. The Morgan fingerprint density at radius 3 is 2.58 bits per heavy atom. The number of fused-ring (bicyclic) bond motifs is 3. The first-order valence-electron chi connectivity index (χ1n) is 11.2. The molecule has 1 amide bonds. The molecule has 6 nitrogen and oxygen atoms in total. The molecule has 0 aliphatic carbocycles. The number of rotatable bonds is 3. The molecular formula is C25H33N3O3. The van der Waals surface area contributed by atoms with Crippen LogP contribution in [0.3, 0.4) is 0 Å². The molecule has 0 spiro atoms. The molecule has 0 radical (unpaired) electrons. The topological polar surface area (TPSA) is 76.6 Å². The van der Waals surface area contributed by atoms with Gasteiger partial charge >= 0.3 is 5.97 Å². The van der Waals surface area contributed by atoms with Gasteiger partial charge in [-0.3, -0.25) is 4.79 Å². The van der Waals surface area contributed by atoms with Crippen molar-refractivity contribution in [2.45, 2.75) is 52.0 Å². The van der Waals surface area contributed by atoms with Gasteiger partial charge in [-0.05, 0) is 44.0 Å². The fourth-order valence-electron chi connectivity index (χ4n) is 5.89. The van der Waals surface area contributed by atoms with Gasteiger partial charge in [0.2, 0.25) is 5.91 Å². The summed E-state index contributed by atoms with van der Waals surface area (Å²) in [7, 11) is 2.04. The molecule has 4 rings (SSSR count). The molecule has 31 heavy (non-hydrogen) atoms. The van der Waals surface area contributed by atoms with E-state index in [1.54, 1.807) is 11.1 Å². The molecule has 2 aliphatic heterocycles. The van der Waals surface area contributed by atoms with Crippen molar-refractivity contribution in [3.8, 4) is 0 Å². The smallest absolute Gasteiger partial charge is 0.339 e. The van der Waals surface area contributed by atoms with Crippen LogP contribution < -0.4 is 0 Å². The Morgan fingerprint density at radius 1 is 1.23 bits per heavy atom. The molecule has 2 N–H and O–H groups in total. The number of hydrogen-bond acceptors (Lipinski definition) is 3. The van der Waals surface area contributed by atoms with Crippen LogP contribution in [0.15, 0.2) is 30.5 Å². The Labute approximate surface area is 183 Å². The Kier molecular flexibility index (Phi) is 5.46. The monoisotopic (exact) mass is 423 g/mol. The second kappa shape index (κ2) is 7.83. The van der Waals surface area contributed by atoms with Crippen molar-refractivity contribution in [1.82, 2.24) is 14.8 Å². The third-order valence-electron chi connectivity index (χ3n) is 7.02. The van der Waals surface area contributed by atoms with E-state index in [0.717, 1.165) is 35.9 Å². The zero-order valence-corrected chi connectivity index (χ0v) is 19.1. The molecule has 2 aromatic rings. The molecule has 166 valence electrons. The highest BCUT2D eigenvalue weighted by atomic mass is 16.4. The lowest BCUT2D eigenvalue weighted by Gasteiger charge is -2.44. The number of carboxylic acid groups (broad SMARTS) is 1. The number of carboxylic acids is 1. The van der Waals surface area contributed by atoms with Crippen LogP contribution in [0.2, 0.25) is 0 Å². The number of carbonyl (C=O) groups excluding carboxylic acids is 1. The maximum Gasteiger partial charge on any atom is 0.339 e. The molecule has 3 heterocycles. The van der Waals surface area contributed by atoms with Crippen LogP contribution >= 0.6 is 0 Å². The van der Waals surface area contributed by atoms with E-state index < -0.39 is 11.4 Å². The first kappa shape index (κ1) is 21.6. The van der Waals surface area contributed by atoms with E-state index in [4.69, 9.17) is 0 Å². The number of aromatic nitrogens is 1. The van der Waals surface area contributed by atoms with Crippen LogP contribution in [-0.4, -0.2) is 57.9 Å². The van der Waals surface area contributed by atoms with Crippen molar-refractivity contribution in [2.75, 3.05) is 20.1 Å². The molecule has 1 aromatic carbocycles. The maximum atomic E-state index is 13.8. The Balaban J connectivity index is 1.93. The molecule has 0 bridgehead atoms. The van der Waals surface area contributed by atoms with Crippen molar-refractivity contribution in [3.05, 3.63) is 41.7 Å². The second-order valence-electron chi connectivity index (χ2n) is 10.0. The highest BCUT2D eigenvalue weighted by Gasteiger charge is 2.46. The zero-order chi connectivity index (χ0) is 22.5. The lowest BCUT2D eigenvalue weighted by atomic mass is 9.71. The summed E-state index contributed by atoms with van der Waals surface area (Å²) >= 11 is 0. The third-order valence-corrected chi connectivity index (χ3v) is 7.02. The van der Waals surface area contributed by atoms with Crippen molar-refractivity contribution in [3.63, 3.8) is 0 Å². The fourth-order valence-corrected chi connectivity index (χ4v) is 5.89. The van der Waals surface area contributed by atoms with Gasteiger partial charge in [0.1, 0.15) is 0 Å². The molecule has 0 saturated carbocycles. The number of hydrogen-bond donors (Lipinski definition) is 2. The predicted octanol–water partition coefficient (Wildman–Crippen LogP) is 4.08. The van der Waals surface area contributed by atoms with Crippen LogP contribution in [-0.2, 0) is 15.0 Å². The van der Waals surface area contributed by atoms with Crippen molar-refractivity contribution < 1.29 is 14.7 Å². The van der Waals surface area contributed by atoms with Gasteiger partial charge in [-0.1, -0.05) is 45.9 Å². The number of likely N-dealkylation sites (tertiary alicyclic amines) is 1. The molecular weight excluding hydrogens is 390 g/mol. The van der Waals surface area contributed by atoms with Crippen LogP contribution in [0, 0.1) is 11.8 Å². The minimum absolute atomic E-state index is 0.0338. The Bertz CT molecular complexity index is 1050. The van der Waals surface area contributed by atoms with Crippen molar-refractivity contribution in [1.29, 1.82) is 0 Å². The van der Waals surface area contributed by atoms with Gasteiger partial charge in [-0.2, -0.15) is 0 Å². The highest BCUT2D eigenvalue weighted by molar-refractivity contribution is 6.17. The van der Waals surface area contributed by atoms with E-state index in [9.17, 15) is 14.7 Å². The summed E-state index contributed by atoms with van der Waals surface area (Å²) in [6.07, 6.45) is 3.43. The Morgan fingerprint density at radius 2 is 1.94 bits per heavy atom. The standard InChI is InChI=1S/C25H33N3O3/c1-15(2)22-25(3,4)20-17-10-6-7-11-19(17)26-21(20)18(24(30)31)14-28(22)23(29)16-9-8-12-27(5)13-16/h6-7,10-11,14-16,22,26H,8-9,12-13H2,1-5H3,(H,30,31). The zero-order valence-electron chi connectivity index (χ0n) is 19.1. The van der Waals surface area contributed by atoms with E-state index in [2.05, 4.69) is 37.6 Å². The van der Waals surface area contributed by atoms with Crippen molar-refractivity contribution in [2.24, 2.45) is 11.8 Å². The summed E-state index contributed by atoms with van der Waals surface area (Å²) in [6.45, 7) is 10.2. The number of aromatic amines is 1. The second-order valence-corrected chi connectivity index (χ2v) is 10.0. The molecule has 6 heteroatoms. The molecule has 1 saturated heterocycles. The number of amides is 1. The van der Waals surface area contributed by atoms with Crippen LogP contribution in [0.1, 0.15) is 51.8 Å². The first-order chi connectivity index (χ1) is 14.6. The van der Waals surface area contributed by atoms with Gasteiger partial charge in [-0.15, -0.1) is 0 Å². The number of H-pyrrole nitrogens is 1. The van der Waals surface area contributed by atoms with E-state index in [-0.39, 0.29) is 29.4 Å². The van der Waals surface area contributed by atoms with Gasteiger partial charge in [0.25, 0.3) is 0 Å². The normalized spacial score (nSPS) is 24.1. The maximum absolute atomic E-state index is 13.8. The Hall–Kier alpha value is -2.60. The van der Waals surface area contributed by atoms with E-state index in [1.807, 2.05) is 31.3 Å². The summed E-state index contributed by atoms with van der Waals surface area (Å²) in [5, 5.41) is 11.2. The summed E-state index contributed by atoms with van der Waals surface area (Å²) < 4.78 is 0. The fraction of sp³-hybridized carbons (Fsp3) is 0.520.